The van der Waals surface area contributed by atoms with E-state index in [1.807, 2.05) is 4.90 Å². The third-order valence-electron chi connectivity index (χ3n) is 4.32. The zero-order chi connectivity index (χ0) is 19.4. The predicted molar refractivity (Wildman–Crippen MR) is 97.2 cm³/mol. The zero-order valence-corrected chi connectivity index (χ0v) is 15.6. The Kier molecular flexibility index (Phi) is 5.66. The molecule has 144 valence electrons. The predicted octanol–water partition coefficient (Wildman–Crippen LogP) is 0.551. The number of rotatable bonds is 5. The number of piperazine rings is 1. The summed E-state index contributed by atoms with van der Waals surface area (Å²) >= 11 is 0. The van der Waals surface area contributed by atoms with Crippen molar-refractivity contribution in [1.29, 1.82) is 0 Å². The van der Waals surface area contributed by atoms with E-state index < -0.39 is 15.8 Å². The lowest BCUT2D eigenvalue weighted by molar-refractivity contribution is -0.130. The van der Waals surface area contributed by atoms with Crippen LogP contribution < -0.4 is 9.62 Å². The Hall–Kier alpha value is -2.59. The van der Waals surface area contributed by atoms with Gasteiger partial charge in [-0.2, -0.15) is 0 Å². The standard InChI is InChI=1S/C17H20FN5O3S/c1-13-11-14(3-4-15(13)18)27(25,26)21-12-16(24)22-7-9-23(10-8-22)17-19-5-2-6-20-17/h2-6,11,21H,7-10,12H2,1H3. The first-order valence-electron chi connectivity index (χ1n) is 8.42. The molecule has 2 aromatic rings. The molecule has 0 atom stereocenters. The average Bonchev–Trinajstić information content (AvgIpc) is 2.69. The van der Waals surface area contributed by atoms with Gasteiger partial charge in [-0.05, 0) is 36.8 Å². The van der Waals surface area contributed by atoms with Crippen LogP contribution in [-0.4, -0.2) is 61.9 Å². The van der Waals surface area contributed by atoms with Crippen molar-refractivity contribution in [3.63, 3.8) is 0 Å². The van der Waals surface area contributed by atoms with Gasteiger partial charge in [0.25, 0.3) is 0 Å². The maximum Gasteiger partial charge on any atom is 0.241 e. The Bertz CT molecular complexity index is 915. The van der Waals surface area contributed by atoms with Crippen LogP contribution in [0.1, 0.15) is 5.56 Å². The molecule has 1 aliphatic rings. The minimum Gasteiger partial charge on any atom is -0.338 e. The first-order chi connectivity index (χ1) is 12.9. The fraction of sp³-hybridized carbons (Fsp3) is 0.353. The largest absolute Gasteiger partial charge is 0.338 e. The van der Waals surface area contributed by atoms with Crippen LogP contribution in [-0.2, 0) is 14.8 Å². The van der Waals surface area contributed by atoms with Crippen LogP contribution in [0.3, 0.4) is 0 Å². The molecule has 0 saturated carbocycles. The number of anilines is 1. The SMILES string of the molecule is Cc1cc(S(=O)(=O)NCC(=O)N2CCN(c3ncccn3)CC2)ccc1F. The molecule has 1 fully saturated rings. The summed E-state index contributed by atoms with van der Waals surface area (Å²) in [5, 5.41) is 0. The fourth-order valence-corrected chi connectivity index (χ4v) is 3.81. The maximum atomic E-state index is 13.3. The molecule has 0 spiro atoms. The van der Waals surface area contributed by atoms with Crippen molar-refractivity contribution in [1.82, 2.24) is 19.6 Å². The minimum atomic E-state index is -3.88. The molecule has 10 heteroatoms. The van der Waals surface area contributed by atoms with E-state index in [1.165, 1.54) is 19.1 Å². The van der Waals surface area contributed by atoms with Crippen molar-refractivity contribution < 1.29 is 17.6 Å². The summed E-state index contributed by atoms with van der Waals surface area (Å²) in [6.07, 6.45) is 3.32. The first kappa shape index (κ1) is 19.2. The number of carbonyl (C=O) groups excluding carboxylic acids is 1. The topological polar surface area (TPSA) is 95.5 Å². The molecule has 1 saturated heterocycles. The van der Waals surface area contributed by atoms with Gasteiger partial charge in [0.05, 0.1) is 11.4 Å². The van der Waals surface area contributed by atoms with Crippen molar-refractivity contribution in [2.75, 3.05) is 37.6 Å². The van der Waals surface area contributed by atoms with Gasteiger partial charge < -0.3 is 9.80 Å². The molecule has 1 N–H and O–H groups in total. The number of nitrogens with one attached hydrogen (secondary N) is 1. The molecule has 27 heavy (non-hydrogen) atoms. The summed E-state index contributed by atoms with van der Waals surface area (Å²) in [5.41, 5.74) is 0.225. The molecule has 8 nitrogen and oxygen atoms in total. The first-order valence-corrected chi connectivity index (χ1v) is 9.91. The van der Waals surface area contributed by atoms with E-state index >= 15 is 0 Å². The number of benzene rings is 1. The van der Waals surface area contributed by atoms with Gasteiger partial charge in [-0.3, -0.25) is 4.79 Å². The number of hydrogen-bond acceptors (Lipinski definition) is 6. The van der Waals surface area contributed by atoms with Crippen molar-refractivity contribution in [2.45, 2.75) is 11.8 Å². The van der Waals surface area contributed by atoms with E-state index in [1.54, 1.807) is 23.4 Å². The second-order valence-electron chi connectivity index (χ2n) is 6.15. The van der Waals surface area contributed by atoms with Crippen LogP contribution >= 0.6 is 0 Å². The highest BCUT2D eigenvalue weighted by Gasteiger charge is 2.24. The molecule has 0 bridgehead atoms. The van der Waals surface area contributed by atoms with Crippen molar-refractivity contribution >= 4 is 21.9 Å². The molecular formula is C17H20FN5O3S. The Morgan fingerprint density at radius 1 is 1.19 bits per heavy atom. The second kappa shape index (κ2) is 7.97. The molecular weight excluding hydrogens is 373 g/mol. The highest BCUT2D eigenvalue weighted by molar-refractivity contribution is 7.89. The van der Waals surface area contributed by atoms with Crippen molar-refractivity contribution in [2.24, 2.45) is 0 Å². The zero-order valence-electron chi connectivity index (χ0n) is 14.8. The van der Waals surface area contributed by atoms with Gasteiger partial charge in [0.2, 0.25) is 21.9 Å². The van der Waals surface area contributed by atoms with Crippen LogP contribution in [0, 0.1) is 12.7 Å². The van der Waals surface area contributed by atoms with Crippen LogP contribution in [0.2, 0.25) is 0 Å². The lowest BCUT2D eigenvalue weighted by Crippen LogP contribution is -2.51. The van der Waals surface area contributed by atoms with Crippen LogP contribution in [0.25, 0.3) is 0 Å². The number of aromatic nitrogens is 2. The molecule has 1 aliphatic heterocycles. The molecule has 0 unspecified atom stereocenters. The van der Waals surface area contributed by atoms with E-state index in [9.17, 15) is 17.6 Å². The van der Waals surface area contributed by atoms with Crippen molar-refractivity contribution in [3.05, 3.63) is 48.0 Å². The number of nitrogens with zero attached hydrogens (tertiary/aromatic N) is 4. The summed E-state index contributed by atoms with van der Waals surface area (Å²) < 4.78 is 40.2. The van der Waals surface area contributed by atoms with E-state index in [4.69, 9.17) is 0 Å². The van der Waals surface area contributed by atoms with E-state index in [0.29, 0.717) is 32.1 Å². The molecule has 0 aliphatic carbocycles. The van der Waals surface area contributed by atoms with Gasteiger partial charge in [-0.15, -0.1) is 0 Å². The molecule has 1 aromatic heterocycles. The number of sulfonamides is 1. The minimum absolute atomic E-state index is 0.0692. The molecule has 0 radical (unpaired) electrons. The quantitative estimate of drug-likeness (QED) is 0.797. The Morgan fingerprint density at radius 2 is 1.85 bits per heavy atom. The molecule has 1 aromatic carbocycles. The van der Waals surface area contributed by atoms with Crippen LogP contribution in [0.5, 0.6) is 0 Å². The Balaban J connectivity index is 1.54. The van der Waals surface area contributed by atoms with E-state index in [-0.39, 0.29) is 22.9 Å². The Morgan fingerprint density at radius 3 is 2.48 bits per heavy atom. The third-order valence-corrected chi connectivity index (χ3v) is 5.72. The van der Waals surface area contributed by atoms with Crippen LogP contribution in [0.15, 0.2) is 41.6 Å². The lowest BCUT2D eigenvalue weighted by atomic mass is 10.2. The van der Waals surface area contributed by atoms with Crippen LogP contribution in [0.4, 0.5) is 10.3 Å². The second-order valence-corrected chi connectivity index (χ2v) is 7.92. The monoisotopic (exact) mass is 393 g/mol. The normalized spacial score (nSPS) is 15.0. The van der Waals surface area contributed by atoms with Gasteiger partial charge >= 0.3 is 0 Å². The average molecular weight is 393 g/mol. The molecule has 1 amide bonds. The highest BCUT2D eigenvalue weighted by Crippen LogP contribution is 2.14. The molecule has 3 rings (SSSR count). The fourth-order valence-electron chi connectivity index (χ4n) is 2.75. The summed E-state index contributed by atoms with van der Waals surface area (Å²) in [7, 11) is -3.88. The smallest absolute Gasteiger partial charge is 0.241 e. The number of hydrogen-bond donors (Lipinski definition) is 1. The summed E-state index contributed by atoms with van der Waals surface area (Å²) in [6.45, 7) is 3.18. The van der Waals surface area contributed by atoms with Gasteiger partial charge in [0, 0.05) is 38.6 Å². The van der Waals surface area contributed by atoms with Crippen molar-refractivity contribution in [3.8, 4) is 0 Å². The third kappa shape index (κ3) is 4.58. The van der Waals surface area contributed by atoms with Gasteiger partial charge in [-0.1, -0.05) is 0 Å². The maximum absolute atomic E-state index is 13.3. The Labute approximate surface area is 157 Å². The van der Waals surface area contributed by atoms with E-state index in [0.717, 1.165) is 6.07 Å². The van der Waals surface area contributed by atoms with E-state index in [2.05, 4.69) is 14.7 Å². The van der Waals surface area contributed by atoms with Gasteiger partial charge in [0.15, 0.2) is 0 Å². The van der Waals surface area contributed by atoms with Gasteiger partial charge in [0.1, 0.15) is 5.82 Å². The number of aryl methyl sites for hydroxylation is 1. The number of carbonyl (C=O) groups is 1. The summed E-state index contributed by atoms with van der Waals surface area (Å²) in [6, 6.07) is 5.24. The molecule has 2 heterocycles. The van der Waals surface area contributed by atoms with Gasteiger partial charge in [-0.25, -0.2) is 27.5 Å². The summed E-state index contributed by atoms with van der Waals surface area (Å²) in [4.78, 5) is 24.2. The number of amides is 1. The lowest BCUT2D eigenvalue weighted by Gasteiger charge is -2.34. The highest BCUT2D eigenvalue weighted by atomic mass is 32.2. The number of halogens is 1. The summed E-state index contributed by atoms with van der Waals surface area (Å²) in [5.74, 6) is -0.187.